The second-order valence-corrected chi connectivity index (χ2v) is 13.1. The van der Waals surface area contributed by atoms with Crippen LogP contribution in [0.4, 0.5) is 20.4 Å². The van der Waals surface area contributed by atoms with Crippen molar-refractivity contribution in [3.8, 4) is 22.9 Å². The molecule has 2 aromatic heterocycles. The zero-order valence-electron chi connectivity index (χ0n) is 24.7. The van der Waals surface area contributed by atoms with Crippen molar-refractivity contribution in [1.29, 1.82) is 0 Å². The molecular weight excluding hydrogens is 598 g/mol. The Labute approximate surface area is 260 Å². The van der Waals surface area contributed by atoms with Crippen LogP contribution in [0.5, 0.6) is 11.6 Å². The Balaban J connectivity index is 1.31. The maximum Gasteiger partial charge on any atom is 0.237 e. The number of piperidine rings is 1. The highest BCUT2D eigenvalue weighted by atomic mass is 32.2. The Morgan fingerprint density at radius 3 is 2.60 bits per heavy atom. The maximum atomic E-state index is 15.2. The Morgan fingerprint density at radius 2 is 1.80 bits per heavy atom. The average molecular weight is 631 g/mol. The number of nitrogens with one attached hydrogen (secondary N) is 3. The predicted molar refractivity (Wildman–Crippen MR) is 171 cm³/mol. The van der Waals surface area contributed by atoms with E-state index in [1.807, 2.05) is 6.92 Å². The number of halogens is 2. The number of alkyl halides is 1. The standard InChI is InChI=1S/C33H32F2N6O3S/c1-21-10-11-24-25(12-13-27(34)29(24)41-45(42,43)19-22-7-4-3-5-8-22)30(21)44-31-26(9-6-15-37-31)28-14-16-38-32(40-28)39-23-17-33(2,35)20-36-18-23/h3-16,23,36,41H,17-20H2,1-2H3,(H,38,39,40)/t23-,33-/m0/s1. The van der Waals surface area contributed by atoms with E-state index in [1.54, 1.807) is 86.0 Å². The number of fused-ring (bicyclic) bond motifs is 1. The minimum absolute atomic E-state index is 0.164. The van der Waals surface area contributed by atoms with Crippen LogP contribution in [0.15, 0.2) is 85.2 Å². The number of ether oxygens (including phenoxy) is 1. The van der Waals surface area contributed by atoms with Crippen molar-refractivity contribution in [3.05, 3.63) is 102 Å². The highest BCUT2D eigenvalue weighted by molar-refractivity contribution is 7.91. The molecule has 1 fully saturated rings. The topological polar surface area (TPSA) is 118 Å². The number of hydrogen-bond acceptors (Lipinski definition) is 8. The minimum atomic E-state index is -3.94. The van der Waals surface area contributed by atoms with Crippen molar-refractivity contribution in [2.45, 2.75) is 37.7 Å². The Kier molecular flexibility index (Phi) is 8.34. The molecule has 45 heavy (non-hydrogen) atoms. The summed E-state index contributed by atoms with van der Waals surface area (Å²) in [5, 5.41) is 7.14. The molecule has 3 heterocycles. The summed E-state index contributed by atoms with van der Waals surface area (Å²) in [5.41, 5.74) is 0.907. The molecule has 9 nitrogen and oxygen atoms in total. The maximum absolute atomic E-state index is 15.2. The molecule has 1 saturated heterocycles. The molecule has 0 radical (unpaired) electrons. The first kappa shape index (κ1) is 30.4. The molecule has 0 amide bonds. The predicted octanol–water partition coefficient (Wildman–Crippen LogP) is 6.38. The largest absolute Gasteiger partial charge is 0.437 e. The van der Waals surface area contributed by atoms with E-state index >= 15 is 4.39 Å². The number of hydrogen-bond donors (Lipinski definition) is 3. The zero-order chi connectivity index (χ0) is 31.6. The van der Waals surface area contributed by atoms with E-state index in [4.69, 9.17) is 4.74 Å². The second-order valence-electron chi connectivity index (χ2n) is 11.4. The number of anilines is 2. The first-order valence-electron chi connectivity index (χ1n) is 14.5. The normalized spacial score (nSPS) is 18.4. The van der Waals surface area contributed by atoms with Crippen LogP contribution < -0.4 is 20.1 Å². The fourth-order valence-electron chi connectivity index (χ4n) is 5.48. The Morgan fingerprint density at radius 1 is 1.00 bits per heavy atom. The zero-order valence-corrected chi connectivity index (χ0v) is 25.5. The van der Waals surface area contributed by atoms with Gasteiger partial charge in [-0.25, -0.2) is 32.2 Å². The van der Waals surface area contributed by atoms with Crippen LogP contribution >= 0.6 is 0 Å². The number of benzene rings is 3. The van der Waals surface area contributed by atoms with Gasteiger partial charge in [0.15, 0.2) is 0 Å². The van der Waals surface area contributed by atoms with Crippen LogP contribution in [-0.4, -0.2) is 48.2 Å². The number of aromatic nitrogens is 3. The fourth-order valence-corrected chi connectivity index (χ4v) is 6.70. The van der Waals surface area contributed by atoms with Crippen LogP contribution in [0.3, 0.4) is 0 Å². The summed E-state index contributed by atoms with van der Waals surface area (Å²) >= 11 is 0. The van der Waals surface area contributed by atoms with Crippen LogP contribution in [-0.2, 0) is 15.8 Å². The number of aryl methyl sites for hydroxylation is 1. The molecule has 5 aromatic rings. The molecule has 3 aromatic carbocycles. The van der Waals surface area contributed by atoms with Gasteiger partial charge in [0.25, 0.3) is 0 Å². The summed E-state index contributed by atoms with van der Waals surface area (Å²) < 4.78 is 64.6. The third-order valence-corrected chi connectivity index (χ3v) is 8.77. The average Bonchev–Trinajstić information content (AvgIpc) is 3.00. The number of pyridine rings is 1. The quantitative estimate of drug-likeness (QED) is 0.172. The summed E-state index contributed by atoms with van der Waals surface area (Å²) in [6.07, 6.45) is 3.50. The lowest BCUT2D eigenvalue weighted by Gasteiger charge is -2.33. The van der Waals surface area contributed by atoms with E-state index in [-0.39, 0.29) is 23.4 Å². The van der Waals surface area contributed by atoms with Gasteiger partial charge in [0.2, 0.25) is 21.9 Å². The lowest BCUT2D eigenvalue weighted by Crippen LogP contribution is -2.50. The molecule has 6 rings (SSSR count). The van der Waals surface area contributed by atoms with Gasteiger partial charge in [0.05, 0.1) is 22.7 Å². The van der Waals surface area contributed by atoms with Crippen LogP contribution in [0, 0.1) is 12.7 Å². The van der Waals surface area contributed by atoms with Crippen molar-refractivity contribution < 1.29 is 21.9 Å². The molecule has 0 aliphatic carbocycles. The van der Waals surface area contributed by atoms with Crippen LogP contribution in [0.2, 0.25) is 0 Å². The first-order valence-corrected chi connectivity index (χ1v) is 16.1. The first-order chi connectivity index (χ1) is 21.6. The summed E-state index contributed by atoms with van der Waals surface area (Å²) in [4.78, 5) is 13.4. The van der Waals surface area contributed by atoms with Gasteiger partial charge in [-0.1, -0.05) is 42.5 Å². The van der Waals surface area contributed by atoms with Gasteiger partial charge in [0.1, 0.15) is 17.2 Å². The lowest BCUT2D eigenvalue weighted by molar-refractivity contribution is 0.137. The lowest BCUT2D eigenvalue weighted by atomic mass is 9.95. The molecule has 1 aliphatic rings. The van der Waals surface area contributed by atoms with Gasteiger partial charge in [-0.05, 0) is 55.3 Å². The van der Waals surface area contributed by atoms with Gasteiger partial charge in [0, 0.05) is 48.7 Å². The summed E-state index contributed by atoms with van der Waals surface area (Å²) in [7, 11) is -3.94. The third kappa shape index (κ3) is 7.02. The second kappa shape index (κ2) is 12.4. The van der Waals surface area contributed by atoms with Crippen LogP contribution in [0.1, 0.15) is 24.5 Å². The van der Waals surface area contributed by atoms with Crippen molar-refractivity contribution in [2.75, 3.05) is 23.1 Å². The number of rotatable bonds is 9. The number of sulfonamides is 1. The van der Waals surface area contributed by atoms with Crippen molar-refractivity contribution >= 4 is 32.4 Å². The van der Waals surface area contributed by atoms with Crippen molar-refractivity contribution in [3.63, 3.8) is 0 Å². The van der Waals surface area contributed by atoms with E-state index in [1.165, 1.54) is 6.07 Å². The highest BCUT2D eigenvalue weighted by Gasteiger charge is 2.32. The van der Waals surface area contributed by atoms with E-state index in [0.29, 0.717) is 58.8 Å². The van der Waals surface area contributed by atoms with E-state index in [2.05, 4.69) is 30.3 Å². The van der Waals surface area contributed by atoms with Crippen LogP contribution in [0.25, 0.3) is 22.0 Å². The molecule has 12 heteroatoms. The minimum Gasteiger partial charge on any atom is -0.437 e. The van der Waals surface area contributed by atoms with Crippen molar-refractivity contribution in [1.82, 2.24) is 20.3 Å². The molecule has 232 valence electrons. The molecule has 3 N–H and O–H groups in total. The van der Waals surface area contributed by atoms with Gasteiger partial charge >= 0.3 is 0 Å². The molecule has 2 atom stereocenters. The number of nitrogens with zero attached hydrogens (tertiary/aromatic N) is 3. The SMILES string of the molecule is Cc1ccc2c(NS(=O)(=O)Cc3ccccc3)c(F)ccc2c1Oc1ncccc1-c1ccnc(N[C@@H]2CNC[C@@](C)(F)C2)n1. The van der Waals surface area contributed by atoms with E-state index in [9.17, 15) is 12.8 Å². The van der Waals surface area contributed by atoms with Gasteiger partial charge in [-0.15, -0.1) is 0 Å². The smallest absolute Gasteiger partial charge is 0.237 e. The molecule has 0 unspecified atom stereocenters. The fraction of sp³-hybridized carbons (Fsp3) is 0.242. The molecule has 0 spiro atoms. The third-order valence-electron chi connectivity index (χ3n) is 7.55. The molecule has 0 saturated carbocycles. The summed E-state index contributed by atoms with van der Waals surface area (Å²) in [5.74, 6) is -0.0513. The van der Waals surface area contributed by atoms with E-state index in [0.717, 1.165) is 5.56 Å². The van der Waals surface area contributed by atoms with Gasteiger partial charge < -0.3 is 15.4 Å². The van der Waals surface area contributed by atoms with Gasteiger partial charge in [-0.3, -0.25) is 4.72 Å². The molecule has 0 bridgehead atoms. The highest BCUT2D eigenvalue weighted by Crippen LogP contribution is 2.40. The summed E-state index contributed by atoms with van der Waals surface area (Å²) in [6, 6.07) is 19.9. The monoisotopic (exact) mass is 630 g/mol. The summed E-state index contributed by atoms with van der Waals surface area (Å²) in [6.45, 7) is 4.28. The van der Waals surface area contributed by atoms with Crippen molar-refractivity contribution in [2.24, 2.45) is 0 Å². The van der Waals surface area contributed by atoms with Gasteiger partial charge in [-0.2, -0.15) is 0 Å². The Hall–Kier alpha value is -4.68. The molecule has 1 aliphatic heterocycles. The Bertz CT molecular complexity index is 1960. The van der Waals surface area contributed by atoms with E-state index < -0.39 is 21.5 Å². The molecular formula is C33H32F2N6O3S.